The maximum atomic E-state index is 11.6. The van der Waals surface area contributed by atoms with Crippen LogP contribution in [-0.2, 0) is 11.2 Å². The molecule has 0 radical (unpaired) electrons. The molecule has 1 aromatic heterocycles. The number of rotatable bonds is 7. The molecular weight excluding hydrogens is 256 g/mol. The van der Waals surface area contributed by atoms with E-state index in [-0.39, 0.29) is 5.91 Å². The van der Waals surface area contributed by atoms with Crippen LogP contribution in [-0.4, -0.2) is 19.1 Å². The lowest BCUT2D eigenvalue weighted by Crippen LogP contribution is -2.28. The number of anilines is 1. The molecule has 5 nitrogen and oxygen atoms in total. The van der Waals surface area contributed by atoms with E-state index >= 15 is 0 Å². The number of amides is 1. The van der Waals surface area contributed by atoms with Crippen molar-refractivity contribution in [2.24, 2.45) is 0 Å². The molecule has 2 rings (SSSR count). The summed E-state index contributed by atoms with van der Waals surface area (Å²) in [5.41, 5.74) is 6.34. The van der Waals surface area contributed by atoms with Gasteiger partial charge in [0.15, 0.2) is 0 Å². The van der Waals surface area contributed by atoms with E-state index in [4.69, 9.17) is 14.9 Å². The first-order valence-electron chi connectivity index (χ1n) is 6.52. The molecule has 5 heteroatoms. The normalized spacial score (nSPS) is 10.2. The number of hydrogen-bond acceptors (Lipinski definition) is 4. The Labute approximate surface area is 117 Å². The zero-order chi connectivity index (χ0) is 14.2. The Bertz CT molecular complexity index is 538. The van der Waals surface area contributed by atoms with E-state index in [1.54, 1.807) is 18.4 Å². The topological polar surface area (TPSA) is 77.5 Å². The Hall–Kier alpha value is -2.43. The number of hydrogen-bond donors (Lipinski definition) is 2. The molecule has 0 aliphatic carbocycles. The van der Waals surface area contributed by atoms with Gasteiger partial charge in [-0.25, -0.2) is 0 Å². The smallest absolute Gasteiger partial charge is 0.220 e. The zero-order valence-corrected chi connectivity index (χ0v) is 11.2. The minimum atomic E-state index is -0.0222. The van der Waals surface area contributed by atoms with Crippen molar-refractivity contribution in [1.29, 1.82) is 0 Å². The van der Waals surface area contributed by atoms with Crippen molar-refractivity contribution in [3.8, 4) is 5.75 Å². The van der Waals surface area contributed by atoms with Crippen LogP contribution in [0.25, 0.3) is 0 Å². The van der Waals surface area contributed by atoms with Crippen molar-refractivity contribution in [1.82, 2.24) is 5.32 Å². The van der Waals surface area contributed by atoms with E-state index in [1.165, 1.54) is 0 Å². The molecule has 0 bridgehead atoms. The fourth-order valence-electron chi connectivity index (χ4n) is 1.74. The van der Waals surface area contributed by atoms with Crippen molar-refractivity contribution in [3.05, 3.63) is 48.4 Å². The number of para-hydroxylation sites is 2. The molecule has 1 heterocycles. The minimum Gasteiger partial charge on any atom is -0.490 e. The largest absolute Gasteiger partial charge is 0.490 e. The van der Waals surface area contributed by atoms with Gasteiger partial charge in [0.05, 0.1) is 18.5 Å². The Morgan fingerprint density at radius 2 is 2.10 bits per heavy atom. The minimum absolute atomic E-state index is 0.0222. The van der Waals surface area contributed by atoms with Crippen LogP contribution in [0.1, 0.15) is 12.2 Å². The molecule has 0 saturated heterocycles. The predicted octanol–water partition coefficient (Wildman–Crippen LogP) is 1.99. The molecule has 0 fully saturated rings. The zero-order valence-electron chi connectivity index (χ0n) is 11.2. The number of carbonyl (C=O) groups excluding carboxylic acids is 1. The number of ether oxygens (including phenoxy) is 1. The third-order valence-corrected chi connectivity index (χ3v) is 2.78. The number of carbonyl (C=O) groups is 1. The van der Waals surface area contributed by atoms with Crippen LogP contribution in [0.4, 0.5) is 5.69 Å². The Balaban J connectivity index is 1.61. The molecular formula is C15H18N2O3. The Morgan fingerprint density at radius 1 is 1.25 bits per heavy atom. The number of nitrogen functional groups attached to an aromatic ring is 1. The molecule has 0 aliphatic rings. The first-order valence-corrected chi connectivity index (χ1v) is 6.52. The fraction of sp³-hybridized carbons (Fsp3) is 0.267. The maximum absolute atomic E-state index is 11.6. The monoisotopic (exact) mass is 274 g/mol. The number of furan rings is 1. The summed E-state index contributed by atoms with van der Waals surface area (Å²) in [4.78, 5) is 11.6. The summed E-state index contributed by atoms with van der Waals surface area (Å²) < 4.78 is 10.6. The Morgan fingerprint density at radius 3 is 2.85 bits per heavy atom. The molecule has 1 amide bonds. The summed E-state index contributed by atoms with van der Waals surface area (Å²) in [5, 5.41) is 2.79. The van der Waals surface area contributed by atoms with Gasteiger partial charge in [0.2, 0.25) is 5.91 Å². The van der Waals surface area contributed by atoms with E-state index in [0.717, 1.165) is 5.76 Å². The molecule has 2 aromatic rings. The van der Waals surface area contributed by atoms with E-state index < -0.39 is 0 Å². The van der Waals surface area contributed by atoms with Crippen LogP contribution in [0.2, 0.25) is 0 Å². The second-order valence-electron chi connectivity index (χ2n) is 4.32. The van der Waals surface area contributed by atoms with E-state index in [0.29, 0.717) is 37.4 Å². The third-order valence-electron chi connectivity index (χ3n) is 2.78. The lowest BCUT2D eigenvalue weighted by molar-refractivity contribution is -0.121. The van der Waals surface area contributed by atoms with Crippen molar-refractivity contribution in [3.63, 3.8) is 0 Å². The molecule has 0 aliphatic heterocycles. The molecule has 0 saturated carbocycles. The van der Waals surface area contributed by atoms with E-state index in [2.05, 4.69) is 5.32 Å². The summed E-state index contributed by atoms with van der Waals surface area (Å²) >= 11 is 0. The first kappa shape index (κ1) is 14.0. The third kappa shape index (κ3) is 4.35. The summed E-state index contributed by atoms with van der Waals surface area (Å²) in [5.74, 6) is 1.43. The molecule has 0 unspecified atom stereocenters. The molecule has 1 aromatic carbocycles. The number of benzene rings is 1. The van der Waals surface area contributed by atoms with Gasteiger partial charge in [-0.3, -0.25) is 4.79 Å². The quantitative estimate of drug-likeness (QED) is 0.598. The Kier molecular flexibility index (Phi) is 5.06. The number of aryl methyl sites for hydroxylation is 1. The molecule has 0 atom stereocenters. The lowest BCUT2D eigenvalue weighted by Gasteiger charge is -2.09. The summed E-state index contributed by atoms with van der Waals surface area (Å²) in [6.45, 7) is 0.839. The van der Waals surface area contributed by atoms with Crippen molar-refractivity contribution in [2.75, 3.05) is 18.9 Å². The van der Waals surface area contributed by atoms with Gasteiger partial charge in [0.1, 0.15) is 18.1 Å². The highest BCUT2D eigenvalue weighted by Crippen LogP contribution is 2.19. The maximum Gasteiger partial charge on any atom is 0.220 e. The lowest BCUT2D eigenvalue weighted by atomic mass is 10.2. The molecule has 106 valence electrons. The van der Waals surface area contributed by atoms with Crippen LogP contribution < -0.4 is 15.8 Å². The van der Waals surface area contributed by atoms with Gasteiger partial charge in [-0.1, -0.05) is 12.1 Å². The number of nitrogens with two attached hydrogens (primary N) is 1. The molecule has 0 spiro atoms. The van der Waals surface area contributed by atoms with Gasteiger partial charge in [-0.15, -0.1) is 0 Å². The van der Waals surface area contributed by atoms with Crippen molar-refractivity contribution >= 4 is 11.6 Å². The fourth-order valence-corrected chi connectivity index (χ4v) is 1.74. The average Bonchev–Trinajstić information content (AvgIpc) is 2.96. The van der Waals surface area contributed by atoms with E-state index in [1.807, 2.05) is 24.3 Å². The van der Waals surface area contributed by atoms with Crippen LogP contribution in [0.3, 0.4) is 0 Å². The summed E-state index contributed by atoms with van der Waals surface area (Å²) in [6.07, 6.45) is 2.61. The summed E-state index contributed by atoms with van der Waals surface area (Å²) in [6, 6.07) is 10.9. The first-order chi connectivity index (χ1) is 9.75. The highest BCUT2D eigenvalue weighted by Gasteiger charge is 2.04. The highest BCUT2D eigenvalue weighted by atomic mass is 16.5. The van der Waals surface area contributed by atoms with Crippen LogP contribution in [0.5, 0.6) is 5.75 Å². The second kappa shape index (κ2) is 7.23. The average molecular weight is 274 g/mol. The van der Waals surface area contributed by atoms with Crippen LogP contribution in [0.15, 0.2) is 47.1 Å². The van der Waals surface area contributed by atoms with Gasteiger partial charge >= 0.3 is 0 Å². The SMILES string of the molecule is Nc1ccccc1OCCNC(=O)CCc1ccco1. The van der Waals surface area contributed by atoms with Crippen molar-refractivity contribution < 1.29 is 13.9 Å². The van der Waals surface area contributed by atoms with Crippen LogP contribution >= 0.6 is 0 Å². The van der Waals surface area contributed by atoms with Gasteiger partial charge < -0.3 is 20.2 Å². The number of nitrogens with one attached hydrogen (secondary N) is 1. The van der Waals surface area contributed by atoms with Crippen LogP contribution in [0, 0.1) is 0 Å². The highest BCUT2D eigenvalue weighted by molar-refractivity contribution is 5.76. The predicted molar refractivity (Wildman–Crippen MR) is 76.4 cm³/mol. The van der Waals surface area contributed by atoms with Gasteiger partial charge in [-0.2, -0.15) is 0 Å². The van der Waals surface area contributed by atoms with E-state index in [9.17, 15) is 4.79 Å². The van der Waals surface area contributed by atoms with Gasteiger partial charge in [0.25, 0.3) is 0 Å². The van der Waals surface area contributed by atoms with Crippen molar-refractivity contribution in [2.45, 2.75) is 12.8 Å². The molecule has 3 N–H and O–H groups in total. The standard InChI is InChI=1S/C15H18N2O3/c16-13-5-1-2-6-14(13)20-11-9-17-15(18)8-7-12-4-3-10-19-12/h1-6,10H,7-9,11,16H2,(H,17,18). The second-order valence-corrected chi connectivity index (χ2v) is 4.32. The molecule has 20 heavy (non-hydrogen) atoms. The van der Waals surface area contributed by atoms with Gasteiger partial charge in [0, 0.05) is 12.8 Å². The summed E-state index contributed by atoms with van der Waals surface area (Å²) in [7, 11) is 0. The van der Waals surface area contributed by atoms with Gasteiger partial charge in [-0.05, 0) is 24.3 Å².